The van der Waals surface area contributed by atoms with E-state index in [-0.39, 0.29) is 5.82 Å². The van der Waals surface area contributed by atoms with Crippen molar-refractivity contribution >= 4 is 18.0 Å². The number of rotatable bonds is 7. The van der Waals surface area contributed by atoms with Crippen molar-refractivity contribution < 1.29 is 23.1 Å². The minimum Gasteiger partial charge on any atom is -0.465 e. The number of hydrogen-bond acceptors (Lipinski definition) is 4. The predicted octanol–water partition coefficient (Wildman–Crippen LogP) is 2.72. The number of benzene rings is 1. The van der Waals surface area contributed by atoms with Gasteiger partial charge >= 0.3 is 5.97 Å². The summed E-state index contributed by atoms with van der Waals surface area (Å²) in [5.41, 5.74) is 0.905. The van der Waals surface area contributed by atoms with Gasteiger partial charge in [0.25, 0.3) is 5.91 Å². The maximum atomic E-state index is 12.8. The molecule has 0 radical (unpaired) electrons. The zero-order valence-electron chi connectivity index (χ0n) is 13.2. The number of esters is 1. The van der Waals surface area contributed by atoms with E-state index in [4.69, 9.17) is 9.15 Å². The van der Waals surface area contributed by atoms with E-state index in [0.717, 1.165) is 5.56 Å². The zero-order chi connectivity index (χ0) is 17.4. The first kappa shape index (κ1) is 17.5. The summed E-state index contributed by atoms with van der Waals surface area (Å²) in [5, 5.41) is 2.67. The highest BCUT2D eigenvalue weighted by atomic mass is 19.1. The third-order valence-electron chi connectivity index (χ3n) is 3.22. The molecule has 2 rings (SSSR count). The molecule has 0 unspecified atom stereocenters. The number of nitrogens with one attached hydrogen (secondary N) is 1. The second-order valence-corrected chi connectivity index (χ2v) is 5.10. The first-order valence-electron chi connectivity index (χ1n) is 7.49. The zero-order valence-corrected chi connectivity index (χ0v) is 13.2. The third kappa shape index (κ3) is 5.72. The molecule has 2 aromatic rings. The summed E-state index contributed by atoms with van der Waals surface area (Å²) in [6.45, 7) is 1.86. The van der Waals surface area contributed by atoms with Crippen LogP contribution in [-0.2, 0) is 20.7 Å². The highest BCUT2D eigenvalue weighted by Gasteiger charge is 2.15. The molecule has 0 aliphatic rings. The predicted molar refractivity (Wildman–Crippen MR) is 86.4 cm³/mol. The van der Waals surface area contributed by atoms with E-state index in [2.05, 4.69) is 5.32 Å². The molecule has 1 N–H and O–H groups in total. The number of halogens is 1. The molecular formula is C18H18FNO4. The molecule has 1 atom stereocenters. The second kappa shape index (κ2) is 8.67. The highest BCUT2D eigenvalue weighted by Crippen LogP contribution is 2.04. The molecule has 0 aliphatic heterocycles. The number of amides is 1. The SMILES string of the molecule is C[C@@H](OC(=O)/C=C/c1ccco1)C(=O)NCCc1ccc(F)cc1. The molecule has 0 spiro atoms. The molecule has 1 aromatic carbocycles. The summed E-state index contributed by atoms with van der Waals surface area (Å²) in [4.78, 5) is 23.5. The lowest BCUT2D eigenvalue weighted by molar-refractivity contribution is -0.150. The molecule has 0 bridgehead atoms. The summed E-state index contributed by atoms with van der Waals surface area (Å²) >= 11 is 0. The van der Waals surface area contributed by atoms with E-state index in [1.807, 2.05) is 0 Å². The van der Waals surface area contributed by atoms with Crippen LogP contribution in [-0.4, -0.2) is 24.5 Å². The Balaban J connectivity index is 1.71. The average Bonchev–Trinajstić information content (AvgIpc) is 3.08. The van der Waals surface area contributed by atoms with E-state index in [1.165, 1.54) is 37.5 Å². The first-order chi connectivity index (χ1) is 11.5. The largest absolute Gasteiger partial charge is 0.465 e. The molecule has 126 valence electrons. The normalized spacial score (nSPS) is 12.1. The maximum Gasteiger partial charge on any atom is 0.331 e. The van der Waals surface area contributed by atoms with Crippen LogP contribution in [0.5, 0.6) is 0 Å². The molecule has 6 heteroatoms. The van der Waals surface area contributed by atoms with Crippen LogP contribution in [0.1, 0.15) is 18.2 Å². The van der Waals surface area contributed by atoms with E-state index < -0.39 is 18.0 Å². The molecule has 5 nitrogen and oxygen atoms in total. The van der Waals surface area contributed by atoms with Gasteiger partial charge in [-0.25, -0.2) is 9.18 Å². The molecule has 0 saturated heterocycles. The Morgan fingerprint density at radius 3 is 2.71 bits per heavy atom. The Labute approximate surface area is 139 Å². The third-order valence-corrected chi connectivity index (χ3v) is 3.22. The number of carbonyl (C=O) groups excluding carboxylic acids is 2. The Kier molecular flexibility index (Phi) is 6.31. The topological polar surface area (TPSA) is 68.5 Å². The Morgan fingerprint density at radius 2 is 2.04 bits per heavy atom. The molecule has 1 aromatic heterocycles. The van der Waals surface area contributed by atoms with Crippen LogP contribution in [0, 0.1) is 5.82 Å². The van der Waals surface area contributed by atoms with Gasteiger partial charge in [-0.1, -0.05) is 12.1 Å². The smallest absolute Gasteiger partial charge is 0.331 e. The van der Waals surface area contributed by atoms with Crippen molar-refractivity contribution in [3.05, 3.63) is 65.9 Å². The lowest BCUT2D eigenvalue weighted by atomic mass is 10.1. The Morgan fingerprint density at radius 1 is 1.29 bits per heavy atom. The standard InChI is InChI=1S/C18H18FNO4/c1-13(24-17(21)9-8-16-3-2-12-23-16)18(22)20-11-10-14-4-6-15(19)7-5-14/h2-9,12-13H,10-11H2,1H3,(H,20,22)/b9-8+/t13-/m1/s1. The van der Waals surface area contributed by atoms with E-state index in [9.17, 15) is 14.0 Å². The van der Waals surface area contributed by atoms with Crippen LogP contribution in [0.2, 0.25) is 0 Å². The molecule has 0 aliphatic carbocycles. The van der Waals surface area contributed by atoms with Gasteiger partial charge in [-0.3, -0.25) is 4.79 Å². The van der Waals surface area contributed by atoms with Crippen LogP contribution < -0.4 is 5.32 Å². The fourth-order valence-electron chi connectivity index (χ4n) is 1.93. The first-order valence-corrected chi connectivity index (χ1v) is 7.49. The minimum atomic E-state index is -0.910. The summed E-state index contributed by atoms with van der Waals surface area (Å²) in [6.07, 6.45) is 3.79. The van der Waals surface area contributed by atoms with Crippen molar-refractivity contribution in [2.24, 2.45) is 0 Å². The molecule has 1 heterocycles. The molecular weight excluding hydrogens is 313 g/mol. The quantitative estimate of drug-likeness (QED) is 0.626. The van der Waals surface area contributed by atoms with Crippen molar-refractivity contribution in [3.63, 3.8) is 0 Å². The van der Waals surface area contributed by atoms with Crippen LogP contribution in [0.15, 0.2) is 53.2 Å². The number of hydrogen-bond donors (Lipinski definition) is 1. The summed E-state index contributed by atoms with van der Waals surface area (Å²) < 4.78 is 22.8. The van der Waals surface area contributed by atoms with E-state index in [0.29, 0.717) is 18.7 Å². The molecule has 0 fully saturated rings. The summed E-state index contributed by atoms with van der Waals surface area (Å²) in [7, 11) is 0. The van der Waals surface area contributed by atoms with Crippen LogP contribution in [0.25, 0.3) is 6.08 Å². The van der Waals surface area contributed by atoms with Gasteiger partial charge < -0.3 is 14.5 Å². The van der Waals surface area contributed by atoms with Gasteiger partial charge in [0.1, 0.15) is 11.6 Å². The monoisotopic (exact) mass is 331 g/mol. The maximum absolute atomic E-state index is 12.8. The van der Waals surface area contributed by atoms with Gasteiger partial charge in [0, 0.05) is 12.6 Å². The molecule has 0 saturated carbocycles. The van der Waals surface area contributed by atoms with E-state index in [1.54, 1.807) is 24.3 Å². The van der Waals surface area contributed by atoms with Crippen molar-refractivity contribution in [1.29, 1.82) is 0 Å². The summed E-state index contributed by atoms with van der Waals surface area (Å²) in [5.74, 6) is -0.807. The van der Waals surface area contributed by atoms with Crippen molar-refractivity contribution in [1.82, 2.24) is 5.32 Å². The number of ether oxygens (including phenoxy) is 1. The second-order valence-electron chi connectivity index (χ2n) is 5.10. The van der Waals surface area contributed by atoms with Gasteiger partial charge in [0.15, 0.2) is 6.10 Å². The van der Waals surface area contributed by atoms with Crippen LogP contribution >= 0.6 is 0 Å². The van der Waals surface area contributed by atoms with Gasteiger partial charge in [-0.2, -0.15) is 0 Å². The lowest BCUT2D eigenvalue weighted by Crippen LogP contribution is -2.36. The lowest BCUT2D eigenvalue weighted by Gasteiger charge is -2.12. The number of carbonyl (C=O) groups is 2. The molecule has 24 heavy (non-hydrogen) atoms. The fourth-order valence-corrected chi connectivity index (χ4v) is 1.93. The minimum absolute atomic E-state index is 0.300. The van der Waals surface area contributed by atoms with Crippen molar-refractivity contribution in [3.8, 4) is 0 Å². The van der Waals surface area contributed by atoms with Crippen LogP contribution in [0.3, 0.4) is 0 Å². The van der Waals surface area contributed by atoms with Gasteiger partial charge in [-0.15, -0.1) is 0 Å². The Hall–Kier alpha value is -2.89. The number of furan rings is 1. The van der Waals surface area contributed by atoms with Crippen molar-refractivity contribution in [2.75, 3.05) is 6.54 Å². The van der Waals surface area contributed by atoms with Gasteiger partial charge in [0.05, 0.1) is 6.26 Å². The fraction of sp³-hybridized carbons (Fsp3) is 0.222. The summed E-state index contributed by atoms with van der Waals surface area (Å²) in [6, 6.07) is 9.44. The molecule has 1 amide bonds. The highest BCUT2D eigenvalue weighted by molar-refractivity contribution is 5.90. The average molecular weight is 331 g/mol. The van der Waals surface area contributed by atoms with Crippen LogP contribution in [0.4, 0.5) is 4.39 Å². The van der Waals surface area contributed by atoms with Crippen molar-refractivity contribution in [2.45, 2.75) is 19.4 Å². The van der Waals surface area contributed by atoms with E-state index >= 15 is 0 Å². The van der Waals surface area contributed by atoms with Gasteiger partial charge in [0.2, 0.25) is 0 Å². The Bertz CT molecular complexity index is 692. The van der Waals surface area contributed by atoms with Gasteiger partial charge in [-0.05, 0) is 49.2 Å².